The molecule has 13 nitrogen and oxygen atoms in total. The van der Waals surface area contributed by atoms with Crippen LogP contribution in [-0.4, -0.2) is 104 Å². The molecule has 2 amide bonds. The second kappa shape index (κ2) is 15.7. The third-order valence-corrected chi connectivity index (χ3v) is 9.95. The molecule has 2 aromatic rings. The van der Waals surface area contributed by atoms with Gasteiger partial charge in [-0.2, -0.15) is 8.78 Å². The lowest BCUT2D eigenvalue weighted by atomic mass is 9.93. The molecular formula is C29H40F2N8O5S. The van der Waals surface area contributed by atoms with Crippen LogP contribution in [-0.2, 0) is 20.6 Å². The average Bonchev–Trinajstić information content (AvgIpc) is 3.04. The number of methoxy groups -OCH3 is 1. The number of piperidine rings is 3. The van der Waals surface area contributed by atoms with E-state index in [1.807, 2.05) is 16.4 Å². The molecule has 3 aliphatic heterocycles. The van der Waals surface area contributed by atoms with Gasteiger partial charge in [-0.15, -0.1) is 0 Å². The van der Waals surface area contributed by atoms with Crippen molar-refractivity contribution in [3.05, 3.63) is 30.2 Å². The summed E-state index contributed by atoms with van der Waals surface area (Å²) in [6.45, 7) is 1.24. The van der Waals surface area contributed by atoms with Crippen molar-refractivity contribution < 1.29 is 32.1 Å². The number of hydrogen-bond donors (Lipinski definition) is 3. The Morgan fingerprint density at radius 3 is 2.44 bits per heavy atom. The first-order valence-electron chi connectivity index (χ1n) is 15.3. The van der Waals surface area contributed by atoms with Gasteiger partial charge in [0.25, 0.3) is 0 Å². The van der Waals surface area contributed by atoms with Gasteiger partial charge in [0.05, 0.1) is 36.2 Å². The zero-order valence-electron chi connectivity index (χ0n) is 25.3. The number of halogens is 2. The molecule has 3 saturated heterocycles. The molecular weight excluding hydrogens is 610 g/mol. The summed E-state index contributed by atoms with van der Waals surface area (Å²) in [5.41, 5.74) is 1.59. The number of anilines is 2. The van der Waals surface area contributed by atoms with E-state index in [4.69, 9.17) is 9.72 Å². The van der Waals surface area contributed by atoms with Crippen molar-refractivity contribution in [3.8, 4) is 11.6 Å². The van der Waals surface area contributed by atoms with E-state index >= 15 is 0 Å². The van der Waals surface area contributed by atoms with Gasteiger partial charge >= 0.3 is 6.61 Å². The fourth-order valence-corrected chi connectivity index (χ4v) is 7.15. The van der Waals surface area contributed by atoms with Gasteiger partial charge in [-0.1, -0.05) is 0 Å². The third kappa shape index (κ3) is 9.26. The number of nitrogens with one attached hydrogen (secondary N) is 3. The van der Waals surface area contributed by atoms with E-state index in [1.54, 1.807) is 7.11 Å². The van der Waals surface area contributed by atoms with Gasteiger partial charge in [0.15, 0.2) is 5.75 Å². The maximum Gasteiger partial charge on any atom is 0.387 e. The molecule has 0 radical (unpaired) electrons. The van der Waals surface area contributed by atoms with Gasteiger partial charge in [0.1, 0.15) is 6.04 Å². The van der Waals surface area contributed by atoms with E-state index < -0.39 is 23.6 Å². The number of carbonyl (C=O) groups is 2. The summed E-state index contributed by atoms with van der Waals surface area (Å²) in [4.78, 5) is 38.8. The normalized spacial score (nSPS) is 21.4. The minimum Gasteiger partial charge on any atom is -0.480 e. The summed E-state index contributed by atoms with van der Waals surface area (Å²) in [7, 11) is 0.514. The van der Waals surface area contributed by atoms with E-state index in [9.17, 15) is 22.6 Å². The van der Waals surface area contributed by atoms with E-state index in [-0.39, 0.29) is 23.6 Å². The van der Waals surface area contributed by atoms with Crippen LogP contribution in [0.2, 0.25) is 0 Å². The first-order chi connectivity index (χ1) is 21.8. The van der Waals surface area contributed by atoms with E-state index in [2.05, 4.69) is 35.6 Å². The SMILES string of the molecule is COc1nc(C2CCN(CCCS(=O)N3CCC(Nc4ncc(OC(F)F)cn4)CC3)CC2)ccc1NC1CCC(=O)NC1=O. The lowest BCUT2D eigenvalue weighted by Gasteiger charge is -2.33. The molecule has 45 heavy (non-hydrogen) atoms. The highest BCUT2D eigenvalue weighted by Gasteiger charge is 2.29. The van der Waals surface area contributed by atoms with Crippen molar-refractivity contribution in [2.45, 2.75) is 69.6 Å². The Labute approximate surface area is 263 Å². The lowest BCUT2D eigenvalue weighted by molar-refractivity contribution is -0.133. The largest absolute Gasteiger partial charge is 0.480 e. The Morgan fingerprint density at radius 2 is 1.78 bits per heavy atom. The van der Waals surface area contributed by atoms with Crippen LogP contribution in [0.15, 0.2) is 24.5 Å². The summed E-state index contributed by atoms with van der Waals surface area (Å²) < 4.78 is 49.3. The summed E-state index contributed by atoms with van der Waals surface area (Å²) in [6, 6.07) is 3.49. The number of imide groups is 1. The number of carbonyl (C=O) groups excluding carboxylic acids is 2. The van der Waals surface area contributed by atoms with Crippen LogP contribution in [0.1, 0.15) is 56.6 Å². The number of aromatic nitrogens is 3. The number of hydrogen-bond acceptors (Lipinski definition) is 11. The minimum absolute atomic E-state index is 0.0873. The molecule has 0 bridgehead atoms. The van der Waals surface area contributed by atoms with Crippen LogP contribution in [0.3, 0.4) is 0 Å². The van der Waals surface area contributed by atoms with Gasteiger partial charge in [-0.05, 0) is 70.3 Å². The molecule has 0 aliphatic carbocycles. The highest BCUT2D eigenvalue weighted by molar-refractivity contribution is 7.82. The predicted octanol–water partition coefficient (Wildman–Crippen LogP) is 2.51. The van der Waals surface area contributed by atoms with Crippen LogP contribution >= 0.6 is 0 Å². The molecule has 3 aliphatic rings. The molecule has 5 rings (SSSR count). The molecule has 0 saturated carbocycles. The maximum absolute atomic E-state index is 12.9. The standard InChI is InChI=1S/C29H40F2N8O5S/c1-43-27-24(35-23-5-6-25(40)37-26(23)41)4-3-22(36-27)19-7-12-38(13-8-19)11-2-16-45(42)39-14-9-20(10-15-39)34-29-32-17-21(18-33-29)44-28(30)31/h3-4,17-20,23,28,35H,2,5-16H2,1H3,(H,32,33,34)(H,37,40,41). The van der Waals surface area contributed by atoms with Crippen molar-refractivity contribution in [1.82, 2.24) is 29.5 Å². The summed E-state index contributed by atoms with van der Waals surface area (Å²) >= 11 is 0. The summed E-state index contributed by atoms with van der Waals surface area (Å²) in [5, 5.41) is 8.73. The molecule has 2 unspecified atom stereocenters. The molecule has 2 atom stereocenters. The zero-order valence-corrected chi connectivity index (χ0v) is 26.1. The third-order valence-electron chi connectivity index (χ3n) is 8.37. The molecule has 0 aromatic carbocycles. The number of likely N-dealkylation sites (tertiary alicyclic amines) is 1. The highest BCUT2D eigenvalue weighted by atomic mass is 32.2. The van der Waals surface area contributed by atoms with Gasteiger partial charge in [-0.3, -0.25) is 14.9 Å². The first-order valence-corrected chi connectivity index (χ1v) is 16.6. The van der Waals surface area contributed by atoms with Crippen molar-refractivity contribution in [2.24, 2.45) is 0 Å². The van der Waals surface area contributed by atoms with Crippen LogP contribution in [0.4, 0.5) is 20.4 Å². The molecule has 5 heterocycles. The number of pyridine rings is 1. The van der Waals surface area contributed by atoms with Crippen molar-refractivity contribution in [3.63, 3.8) is 0 Å². The van der Waals surface area contributed by atoms with E-state index in [0.29, 0.717) is 55.1 Å². The number of alkyl halides is 2. The van der Waals surface area contributed by atoms with Crippen molar-refractivity contribution >= 4 is 34.4 Å². The summed E-state index contributed by atoms with van der Waals surface area (Å²) in [6.07, 6.45) is 7.49. The highest BCUT2D eigenvalue weighted by Crippen LogP contribution is 2.32. The van der Waals surface area contributed by atoms with Gasteiger partial charge in [0, 0.05) is 42.9 Å². The Balaban J connectivity index is 0.990. The quantitative estimate of drug-likeness (QED) is 0.275. The number of amides is 2. The molecule has 3 fully saturated rings. The van der Waals surface area contributed by atoms with Crippen molar-refractivity contribution in [1.29, 1.82) is 0 Å². The fourth-order valence-electron chi connectivity index (χ4n) is 5.90. The number of rotatable bonds is 13. The molecule has 246 valence electrons. The number of nitrogens with zero attached hydrogens (tertiary/aromatic N) is 5. The maximum atomic E-state index is 12.9. The number of ether oxygens (including phenoxy) is 2. The monoisotopic (exact) mass is 650 g/mol. The van der Waals surface area contributed by atoms with Crippen molar-refractivity contribution in [2.75, 3.05) is 56.2 Å². The smallest absolute Gasteiger partial charge is 0.387 e. The lowest BCUT2D eigenvalue weighted by Crippen LogP contribution is -2.47. The Morgan fingerprint density at radius 1 is 1.04 bits per heavy atom. The zero-order chi connectivity index (χ0) is 31.8. The molecule has 2 aromatic heterocycles. The van der Waals surface area contributed by atoms with E-state index in [1.165, 1.54) is 12.4 Å². The van der Waals surface area contributed by atoms with Crippen LogP contribution in [0.25, 0.3) is 0 Å². The predicted molar refractivity (Wildman–Crippen MR) is 164 cm³/mol. The molecule has 3 N–H and O–H groups in total. The molecule has 0 spiro atoms. The Hall–Kier alpha value is -3.50. The Bertz CT molecular complexity index is 1320. The Kier molecular flexibility index (Phi) is 11.5. The van der Waals surface area contributed by atoms with Gasteiger partial charge in [-0.25, -0.2) is 23.5 Å². The van der Waals surface area contributed by atoms with Gasteiger partial charge < -0.3 is 25.0 Å². The van der Waals surface area contributed by atoms with Crippen LogP contribution < -0.4 is 25.4 Å². The minimum atomic E-state index is -2.92. The second-order valence-electron chi connectivity index (χ2n) is 11.4. The fraction of sp³-hybridized carbons (Fsp3) is 0.621. The van der Waals surface area contributed by atoms with E-state index in [0.717, 1.165) is 57.4 Å². The average molecular weight is 651 g/mol. The second-order valence-corrected chi connectivity index (χ2v) is 13.0. The van der Waals surface area contributed by atoms with Crippen LogP contribution in [0, 0.1) is 0 Å². The topological polar surface area (TPSA) is 151 Å². The first kappa shape index (κ1) is 32.9. The summed E-state index contributed by atoms with van der Waals surface area (Å²) in [5.74, 6) is 1.03. The van der Waals surface area contributed by atoms with Crippen LogP contribution in [0.5, 0.6) is 11.6 Å². The van der Waals surface area contributed by atoms with Gasteiger partial charge in [0.2, 0.25) is 23.6 Å². The molecule has 16 heteroatoms.